The number of nitrogens with zero attached hydrogens (tertiary/aromatic N) is 2. The van der Waals surface area contributed by atoms with Gasteiger partial charge in [-0.2, -0.15) is 0 Å². The zero-order valence-electron chi connectivity index (χ0n) is 13.1. The van der Waals surface area contributed by atoms with Crippen LogP contribution < -0.4 is 10.1 Å². The van der Waals surface area contributed by atoms with E-state index in [1.54, 1.807) is 0 Å². The third-order valence-corrected chi connectivity index (χ3v) is 4.04. The first-order valence-electron chi connectivity index (χ1n) is 7.40. The molecule has 114 valence electrons. The summed E-state index contributed by atoms with van der Waals surface area (Å²) in [5.41, 5.74) is 2.31. The zero-order valence-corrected chi connectivity index (χ0v) is 13.9. The molecule has 2 rings (SSSR count). The van der Waals surface area contributed by atoms with Crippen LogP contribution in [0.25, 0.3) is 0 Å². The highest BCUT2D eigenvalue weighted by molar-refractivity contribution is 7.05. The number of ether oxygens (including phenoxy) is 1. The number of hydrogen-bond acceptors (Lipinski definition) is 5. The monoisotopic (exact) mass is 305 g/mol. The highest BCUT2D eigenvalue weighted by atomic mass is 32.1. The molecule has 0 aliphatic heterocycles. The van der Waals surface area contributed by atoms with Crippen LogP contribution in [0.5, 0.6) is 5.75 Å². The molecular weight excluding hydrogens is 282 g/mol. The Labute approximate surface area is 130 Å². The van der Waals surface area contributed by atoms with Crippen molar-refractivity contribution < 1.29 is 4.74 Å². The maximum atomic E-state index is 5.69. The largest absolute Gasteiger partial charge is 0.491 e. The maximum absolute atomic E-state index is 5.69. The molecule has 0 spiro atoms. The van der Waals surface area contributed by atoms with Gasteiger partial charge in [-0.1, -0.05) is 30.0 Å². The first-order valence-corrected chi connectivity index (χ1v) is 8.18. The molecular formula is C16H23N3OS. The fourth-order valence-corrected chi connectivity index (χ4v) is 3.14. The molecule has 1 heterocycles. The van der Waals surface area contributed by atoms with Crippen LogP contribution in [0.4, 0.5) is 0 Å². The summed E-state index contributed by atoms with van der Waals surface area (Å²) in [5, 5.41) is 7.63. The molecule has 1 unspecified atom stereocenters. The minimum atomic E-state index is 0.139. The number of aromatic nitrogens is 2. The van der Waals surface area contributed by atoms with Gasteiger partial charge in [-0.3, -0.25) is 0 Å². The summed E-state index contributed by atoms with van der Waals surface area (Å²) < 4.78 is 9.81. The molecule has 5 heteroatoms. The van der Waals surface area contributed by atoms with Gasteiger partial charge in [0.1, 0.15) is 5.75 Å². The second-order valence-electron chi connectivity index (χ2n) is 5.29. The van der Waals surface area contributed by atoms with E-state index in [0.717, 1.165) is 24.3 Å². The molecule has 4 nitrogen and oxygen atoms in total. The van der Waals surface area contributed by atoms with Crippen molar-refractivity contribution in [2.75, 3.05) is 7.05 Å². The van der Waals surface area contributed by atoms with E-state index in [4.69, 9.17) is 4.74 Å². The summed E-state index contributed by atoms with van der Waals surface area (Å²) in [5.74, 6) is 0.903. The minimum absolute atomic E-state index is 0.139. The van der Waals surface area contributed by atoms with Crippen LogP contribution in [0.15, 0.2) is 24.3 Å². The quantitative estimate of drug-likeness (QED) is 0.849. The Hall–Kier alpha value is -1.46. The molecule has 1 atom stereocenters. The molecule has 1 N–H and O–H groups in total. The van der Waals surface area contributed by atoms with Crippen LogP contribution in [0, 0.1) is 0 Å². The summed E-state index contributed by atoms with van der Waals surface area (Å²) in [6.45, 7) is 6.23. The topological polar surface area (TPSA) is 47.0 Å². The lowest BCUT2D eigenvalue weighted by atomic mass is 10.0. The van der Waals surface area contributed by atoms with Crippen molar-refractivity contribution in [3.05, 3.63) is 40.4 Å². The van der Waals surface area contributed by atoms with Gasteiger partial charge < -0.3 is 10.1 Å². The van der Waals surface area contributed by atoms with E-state index in [9.17, 15) is 0 Å². The van der Waals surface area contributed by atoms with E-state index in [2.05, 4.69) is 34.0 Å². The summed E-state index contributed by atoms with van der Waals surface area (Å²) in [6.07, 6.45) is 2.24. The zero-order chi connectivity index (χ0) is 15.2. The average Bonchev–Trinajstić information content (AvgIpc) is 2.90. The molecule has 0 aliphatic rings. The summed E-state index contributed by atoms with van der Waals surface area (Å²) >= 11 is 1.48. The third-order valence-electron chi connectivity index (χ3n) is 3.21. The Morgan fingerprint density at radius 3 is 2.52 bits per heavy atom. The highest BCUT2D eigenvalue weighted by Crippen LogP contribution is 2.28. The van der Waals surface area contributed by atoms with Crippen LogP contribution in [0.3, 0.4) is 0 Å². The molecule has 1 aromatic heterocycles. The van der Waals surface area contributed by atoms with E-state index in [0.29, 0.717) is 0 Å². The first kappa shape index (κ1) is 15.9. The van der Waals surface area contributed by atoms with E-state index in [1.165, 1.54) is 22.0 Å². The van der Waals surface area contributed by atoms with Gasteiger partial charge in [0.05, 0.1) is 22.7 Å². The van der Waals surface area contributed by atoms with Crippen molar-refractivity contribution >= 4 is 11.5 Å². The molecule has 1 aromatic carbocycles. The maximum Gasteiger partial charge on any atom is 0.119 e. The van der Waals surface area contributed by atoms with Gasteiger partial charge in [-0.05, 0) is 56.5 Å². The fourth-order valence-electron chi connectivity index (χ4n) is 2.31. The van der Waals surface area contributed by atoms with Crippen LogP contribution in [-0.2, 0) is 6.42 Å². The molecule has 0 amide bonds. The normalized spacial score (nSPS) is 12.6. The molecule has 21 heavy (non-hydrogen) atoms. The van der Waals surface area contributed by atoms with Crippen LogP contribution >= 0.6 is 11.5 Å². The van der Waals surface area contributed by atoms with Crippen molar-refractivity contribution in [2.24, 2.45) is 0 Å². The molecule has 2 aromatic rings. The van der Waals surface area contributed by atoms with E-state index in [1.807, 2.05) is 33.0 Å². The summed E-state index contributed by atoms with van der Waals surface area (Å²) in [4.78, 5) is 1.21. The Balaban J connectivity index is 2.22. The van der Waals surface area contributed by atoms with E-state index >= 15 is 0 Å². The standard InChI is InChI=1S/C16H23N3OS/c1-5-6-14-16(21-19-18-14)15(17-4)12-7-9-13(10-8-12)20-11(2)3/h7-11,15,17H,5-6H2,1-4H3. The predicted molar refractivity (Wildman–Crippen MR) is 87.0 cm³/mol. The lowest BCUT2D eigenvalue weighted by molar-refractivity contribution is 0.242. The number of hydrogen-bond donors (Lipinski definition) is 1. The lowest BCUT2D eigenvalue weighted by Gasteiger charge is -2.17. The Morgan fingerprint density at radius 1 is 1.24 bits per heavy atom. The van der Waals surface area contributed by atoms with Crippen LogP contribution in [0.1, 0.15) is 49.4 Å². The van der Waals surface area contributed by atoms with E-state index in [-0.39, 0.29) is 12.1 Å². The van der Waals surface area contributed by atoms with Crippen molar-refractivity contribution in [1.82, 2.24) is 14.9 Å². The van der Waals surface area contributed by atoms with Crippen molar-refractivity contribution in [3.63, 3.8) is 0 Å². The van der Waals surface area contributed by atoms with Crippen LogP contribution in [-0.4, -0.2) is 22.7 Å². The van der Waals surface area contributed by atoms with Gasteiger partial charge in [0, 0.05) is 0 Å². The minimum Gasteiger partial charge on any atom is -0.491 e. The Morgan fingerprint density at radius 2 is 1.95 bits per heavy atom. The molecule has 0 saturated heterocycles. The molecule has 0 saturated carbocycles. The number of aryl methyl sites for hydroxylation is 1. The van der Waals surface area contributed by atoms with Gasteiger partial charge in [0.15, 0.2) is 0 Å². The van der Waals surface area contributed by atoms with E-state index < -0.39 is 0 Å². The molecule has 0 aliphatic carbocycles. The van der Waals surface area contributed by atoms with Gasteiger partial charge >= 0.3 is 0 Å². The summed E-state index contributed by atoms with van der Waals surface area (Å²) in [6, 6.07) is 8.39. The fraction of sp³-hybridized carbons (Fsp3) is 0.500. The van der Waals surface area contributed by atoms with Gasteiger partial charge in [0.25, 0.3) is 0 Å². The second-order valence-corrected chi connectivity index (χ2v) is 6.08. The predicted octanol–water partition coefficient (Wildman–Crippen LogP) is 3.59. The van der Waals surface area contributed by atoms with Crippen molar-refractivity contribution in [1.29, 1.82) is 0 Å². The Bertz CT molecular complexity index is 551. The average molecular weight is 305 g/mol. The number of nitrogens with one attached hydrogen (secondary N) is 1. The Kier molecular flexibility index (Phi) is 5.70. The molecule has 0 fully saturated rings. The van der Waals surface area contributed by atoms with Crippen molar-refractivity contribution in [2.45, 2.75) is 45.8 Å². The smallest absolute Gasteiger partial charge is 0.119 e. The van der Waals surface area contributed by atoms with Crippen LogP contribution in [0.2, 0.25) is 0 Å². The van der Waals surface area contributed by atoms with Gasteiger partial charge in [-0.25, -0.2) is 0 Å². The van der Waals surface area contributed by atoms with Gasteiger partial charge in [0.2, 0.25) is 0 Å². The lowest BCUT2D eigenvalue weighted by Crippen LogP contribution is -2.18. The second kappa shape index (κ2) is 7.52. The highest BCUT2D eigenvalue weighted by Gasteiger charge is 2.19. The summed E-state index contributed by atoms with van der Waals surface area (Å²) in [7, 11) is 1.97. The van der Waals surface area contributed by atoms with Crippen molar-refractivity contribution in [3.8, 4) is 5.75 Å². The SMILES string of the molecule is CCCc1nnsc1C(NC)c1ccc(OC(C)C)cc1. The molecule has 0 bridgehead atoms. The first-order chi connectivity index (χ1) is 10.2. The molecule has 0 radical (unpaired) electrons. The van der Waals surface area contributed by atoms with Gasteiger partial charge in [-0.15, -0.1) is 5.10 Å². The number of benzene rings is 1. The third kappa shape index (κ3) is 4.02. The number of rotatable bonds is 7.